The zero-order valence-corrected chi connectivity index (χ0v) is 18.7. The van der Waals surface area contributed by atoms with E-state index in [1.165, 1.54) is 11.3 Å². The van der Waals surface area contributed by atoms with Crippen LogP contribution >= 0.6 is 11.3 Å². The zero-order chi connectivity index (χ0) is 22.0. The van der Waals surface area contributed by atoms with Crippen molar-refractivity contribution in [3.05, 3.63) is 69.5 Å². The number of thiazole rings is 1. The van der Waals surface area contributed by atoms with Crippen molar-refractivity contribution in [3.8, 4) is 0 Å². The molecule has 0 bridgehead atoms. The highest BCUT2D eigenvalue weighted by molar-refractivity contribution is 7.15. The monoisotopic (exact) mass is 438 g/mol. The van der Waals surface area contributed by atoms with Crippen LogP contribution in [0, 0.1) is 13.8 Å². The first-order chi connectivity index (χ1) is 15.0. The number of aromatic nitrogens is 2. The fourth-order valence-electron chi connectivity index (χ4n) is 3.74. The minimum atomic E-state index is -0.280. The Bertz CT molecular complexity index is 1080. The normalized spacial score (nSPS) is 14.0. The Morgan fingerprint density at radius 2 is 2.00 bits per heavy atom. The van der Waals surface area contributed by atoms with Gasteiger partial charge < -0.3 is 14.6 Å². The van der Waals surface area contributed by atoms with E-state index in [2.05, 4.69) is 15.6 Å². The maximum absolute atomic E-state index is 13.2. The van der Waals surface area contributed by atoms with Crippen LogP contribution in [-0.2, 0) is 17.9 Å². The minimum absolute atomic E-state index is 0.0989. The third-order valence-electron chi connectivity index (χ3n) is 5.55. The number of hydrogen-bond acceptors (Lipinski definition) is 5. The van der Waals surface area contributed by atoms with Gasteiger partial charge in [-0.1, -0.05) is 37.3 Å². The number of carbonyl (C=O) groups is 2. The number of nitrogens with one attached hydrogen (secondary N) is 2. The molecule has 0 spiro atoms. The number of ether oxygens (including phenoxy) is 1. The van der Waals surface area contributed by atoms with E-state index in [-0.39, 0.29) is 17.9 Å². The number of nitrogens with zero attached hydrogens (tertiary/aromatic N) is 2. The quantitative estimate of drug-likeness (QED) is 0.603. The van der Waals surface area contributed by atoms with Gasteiger partial charge in [-0.15, -0.1) is 11.3 Å². The highest BCUT2D eigenvalue weighted by Gasteiger charge is 2.27. The Morgan fingerprint density at radius 3 is 2.68 bits per heavy atom. The molecule has 2 amide bonds. The second-order valence-corrected chi connectivity index (χ2v) is 8.76. The fraction of sp³-hybridized carbons (Fsp3) is 0.348. The lowest BCUT2D eigenvalue weighted by Gasteiger charge is -2.21. The summed E-state index contributed by atoms with van der Waals surface area (Å²) in [6.45, 7) is 7.25. The standard InChI is InChI=1S/C23H26N4O3S/c1-4-18(16-8-6-5-7-9-16)25-22(29)19-12-17(20-13-30-11-10-27(19)20)21(28)26-23-24-14(2)15(3)31-23/h5-9,12,18H,4,10-11,13H2,1-3H3,(H,25,29)(H,24,26,28). The first-order valence-electron chi connectivity index (χ1n) is 10.4. The Balaban J connectivity index is 1.60. The van der Waals surface area contributed by atoms with Crippen molar-refractivity contribution in [1.29, 1.82) is 0 Å². The van der Waals surface area contributed by atoms with Crippen molar-refractivity contribution in [2.75, 3.05) is 11.9 Å². The number of benzene rings is 1. The van der Waals surface area contributed by atoms with Crippen LogP contribution in [0.4, 0.5) is 5.13 Å². The molecule has 3 heterocycles. The summed E-state index contributed by atoms with van der Waals surface area (Å²) < 4.78 is 7.47. The number of hydrogen-bond donors (Lipinski definition) is 2. The number of rotatable bonds is 6. The molecule has 0 radical (unpaired) electrons. The number of fused-ring (bicyclic) bond motifs is 1. The van der Waals surface area contributed by atoms with Gasteiger partial charge in [0.2, 0.25) is 0 Å². The molecule has 162 valence electrons. The summed E-state index contributed by atoms with van der Waals surface area (Å²) in [6, 6.07) is 11.5. The second-order valence-electron chi connectivity index (χ2n) is 7.55. The van der Waals surface area contributed by atoms with Crippen LogP contribution in [0.5, 0.6) is 0 Å². The van der Waals surface area contributed by atoms with Gasteiger partial charge in [0.1, 0.15) is 5.69 Å². The minimum Gasteiger partial charge on any atom is -0.373 e. The summed E-state index contributed by atoms with van der Waals surface area (Å²) in [5.74, 6) is -0.476. The first kappa shape index (κ1) is 21.3. The SMILES string of the molecule is CCC(NC(=O)c1cc(C(=O)Nc2nc(C)c(C)s2)c2n1CCOC2)c1ccccc1. The van der Waals surface area contributed by atoms with E-state index in [9.17, 15) is 9.59 Å². The average molecular weight is 439 g/mol. The van der Waals surface area contributed by atoms with E-state index < -0.39 is 0 Å². The molecule has 1 aliphatic rings. The molecule has 1 aliphatic heterocycles. The van der Waals surface area contributed by atoms with E-state index in [1.54, 1.807) is 6.07 Å². The van der Waals surface area contributed by atoms with Gasteiger partial charge in [-0.25, -0.2) is 4.98 Å². The second kappa shape index (κ2) is 9.03. The van der Waals surface area contributed by atoms with Crippen molar-refractivity contribution in [3.63, 3.8) is 0 Å². The molecular formula is C23H26N4O3S. The third-order valence-corrected chi connectivity index (χ3v) is 6.54. The van der Waals surface area contributed by atoms with Crippen LogP contribution in [0.2, 0.25) is 0 Å². The molecule has 1 aromatic carbocycles. The van der Waals surface area contributed by atoms with Crippen LogP contribution < -0.4 is 10.6 Å². The number of carbonyl (C=O) groups excluding carboxylic acids is 2. The van der Waals surface area contributed by atoms with Crippen LogP contribution in [0.25, 0.3) is 0 Å². The van der Waals surface area contributed by atoms with E-state index in [0.717, 1.165) is 22.6 Å². The topological polar surface area (TPSA) is 85.3 Å². The van der Waals surface area contributed by atoms with Crippen LogP contribution in [-0.4, -0.2) is 28.0 Å². The maximum atomic E-state index is 13.2. The predicted octanol–water partition coefficient (Wildman–Crippen LogP) is 4.23. The van der Waals surface area contributed by atoms with E-state index in [1.807, 2.05) is 55.7 Å². The largest absolute Gasteiger partial charge is 0.373 e. The molecule has 0 fully saturated rings. The molecule has 0 saturated carbocycles. The number of amides is 2. The van der Waals surface area contributed by atoms with E-state index in [0.29, 0.717) is 41.8 Å². The Hall–Kier alpha value is -2.97. The van der Waals surface area contributed by atoms with Gasteiger partial charge in [0.05, 0.1) is 36.2 Å². The van der Waals surface area contributed by atoms with Crippen LogP contribution in [0.3, 0.4) is 0 Å². The summed E-state index contributed by atoms with van der Waals surface area (Å²) in [5.41, 5.74) is 3.59. The highest BCUT2D eigenvalue weighted by Crippen LogP contribution is 2.26. The van der Waals surface area contributed by atoms with Gasteiger partial charge in [-0.2, -0.15) is 0 Å². The summed E-state index contributed by atoms with van der Waals surface area (Å²) in [6.07, 6.45) is 0.766. The Kier molecular flexibility index (Phi) is 6.20. The molecule has 1 atom stereocenters. The summed E-state index contributed by atoms with van der Waals surface area (Å²) in [7, 11) is 0. The molecule has 2 N–H and O–H groups in total. The molecule has 0 aliphatic carbocycles. The molecule has 1 unspecified atom stereocenters. The smallest absolute Gasteiger partial charge is 0.268 e. The Labute approximate surface area is 185 Å². The number of anilines is 1. The Morgan fingerprint density at radius 1 is 1.23 bits per heavy atom. The molecule has 4 rings (SSSR count). The summed E-state index contributed by atoms with van der Waals surface area (Å²) >= 11 is 1.44. The molecule has 7 nitrogen and oxygen atoms in total. The highest BCUT2D eigenvalue weighted by atomic mass is 32.1. The van der Waals surface area contributed by atoms with Gasteiger partial charge in [0.15, 0.2) is 5.13 Å². The molecule has 2 aromatic heterocycles. The molecule has 8 heteroatoms. The maximum Gasteiger partial charge on any atom is 0.268 e. The molecule has 0 saturated heterocycles. The van der Waals surface area contributed by atoms with Gasteiger partial charge in [0.25, 0.3) is 11.8 Å². The lowest BCUT2D eigenvalue weighted by atomic mass is 10.0. The lowest BCUT2D eigenvalue weighted by molar-refractivity contribution is 0.0783. The molecule has 31 heavy (non-hydrogen) atoms. The van der Waals surface area contributed by atoms with E-state index >= 15 is 0 Å². The lowest BCUT2D eigenvalue weighted by Crippen LogP contribution is -2.31. The van der Waals surface area contributed by atoms with Gasteiger partial charge in [-0.05, 0) is 31.9 Å². The third kappa shape index (κ3) is 4.40. The van der Waals surface area contributed by atoms with Crippen molar-refractivity contribution in [2.45, 2.75) is 46.4 Å². The average Bonchev–Trinajstić information content (AvgIpc) is 3.32. The zero-order valence-electron chi connectivity index (χ0n) is 17.9. The van der Waals surface area contributed by atoms with Gasteiger partial charge in [0, 0.05) is 11.4 Å². The first-order valence-corrected chi connectivity index (χ1v) is 11.2. The van der Waals surface area contributed by atoms with Crippen molar-refractivity contribution in [2.24, 2.45) is 0 Å². The predicted molar refractivity (Wildman–Crippen MR) is 121 cm³/mol. The number of aryl methyl sites for hydroxylation is 2. The molecule has 3 aromatic rings. The van der Waals surface area contributed by atoms with Crippen molar-refractivity contribution in [1.82, 2.24) is 14.9 Å². The van der Waals surface area contributed by atoms with Crippen LogP contribution in [0.1, 0.15) is 62.1 Å². The van der Waals surface area contributed by atoms with Crippen molar-refractivity contribution >= 4 is 28.3 Å². The fourth-order valence-corrected chi connectivity index (χ4v) is 4.55. The van der Waals surface area contributed by atoms with Gasteiger partial charge >= 0.3 is 0 Å². The van der Waals surface area contributed by atoms with Crippen molar-refractivity contribution < 1.29 is 14.3 Å². The summed E-state index contributed by atoms with van der Waals surface area (Å²) in [4.78, 5) is 31.6. The van der Waals surface area contributed by atoms with Gasteiger partial charge in [-0.3, -0.25) is 14.9 Å². The summed E-state index contributed by atoms with van der Waals surface area (Å²) in [5, 5.41) is 6.54. The molecular weight excluding hydrogens is 412 g/mol. The van der Waals surface area contributed by atoms with E-state index in [4.69, 9.17) is 4.74 Å². The van der Waals surface area contributed by atoms with Crippen LogP contribution in [0.15, 0.2) is 36.4 Å².